The van der Waals surface area contributed by atoms with E-state index in [1.54, 1.807) is 13.8 Å². The molecule has 0 fully saturated rings. The summed E-state index contributed by atoms with van der Waals surface area (Å²) < 4.78 is 39.1. The van der Waals surface area contributed by atoms with Gasteiger partial charge in [0.15, 0.2) is 17.5 Å². The van der Waals surface area contributed by atoms with Crippen LogP contribution in [0.15, 0.2) is 12.1 Å². The summed E-state index contributed by atoms with van der Waals surface area (Å²) >= 11 is 4.82. The molecule has 0 radical (unpaired) electrons. The van der Waals surface area contributed by atoms with E-state index in [-0.39, 0.29) is 23.0 Å². The molecule has 3 nitrogen and oxygen atoms in total. The van der Waals surface area contributed by atoms with Crippen LogP contribution in [0.2, 0.25) is 0 Å². The SMILES string of the molecule is CCN(CC(C)C(N)=S)C(=O)c1cc(F)c(F)c(F)c1. The van der Waals surface area contributed by atoms with E-state index in [2.05, 4.69) is 0 Å². The monoisotopic (exact) mass is 304 g/mol. The fraction of sp³-hybridized carbons (Fsp3) is 0.385. The Hall–Kier alpha value is -1.63. The smallest absolute Gasteiger partial charge is 0.254 e. The van der Waals surface area contributed by atoms with Crippen molar-refractivity contribution in [1.29, 1.82) is 0 Å². The molecule has 1 amide bonds. The highest BCUT2D eigenvalue weighted by Crippen LogP contribution is 2.16. The topological polar surface area (TPSA) is 46.3 Å². The molecule has 0 aromatic heterocycles. The number of nitrogens with zero attached hydrogens (tertiary/aromatic N) is 1. The number of hydrogen-bond donors (Lipinski definition) is 1. The van der Waals surface area contributed by atoms with E-state index in [9.17, 15) is 18.0 Å². The van der Waals surface area contributed by atoms with Gasteiger partial charge in [-0.25, -0.2) is 13.2 Å². The van der Waals surface area contributed by atoms with Crippen LogP contribution in [-0.2, 0) is 0 Å². The molecule has 1 rings (SSSR count). The van der Waals surface area contributed by atoms with E-state index < -0.39 is 23.4 Å². The largest absolute Gasteiger partial charge is 0.393 e. The Kier molecular flexibility index (Phi) is 5.50. The van der Waals surface area contributed by atoms with Gasteiger partial charge in [0.2, 0.25) is 0 Å². The Balaban J connectivity index is 3.00. The first-order chi connectivity index (χ1) is 9.27. The summed E-state index contributed by atoms with van der Waals surface area (Å²) in [5.41, 5.74) is 5.22. The van der Waals surface area contributed by atoms with Crippen LogP contribution >= 0.6 is 12.2 Å². The van der Waals surface area contributed by atoms with Crippen molar-refractivity contribution in [3.63, 3.8) is 0 Å². The minimum atomic E-state index is -1.60. The number of carbonyl (C=O) groups excluding carboxylic acids is 1. The summed E-state index contributed by atoms with van der Waals surface area (Å²) in [7, 11) is 0. The zero-order valence-corrected chi connectivity index (χ0v) is 11.9. The Morgan fingerprint density at radius 1 is 1.35 bits per heavy atom. The lowest BCUT2D eigenvalue weighted by molar-refractivity contribution is 0.0753. The number of amides is 1. The lowest BCUT2D eigenvalue weighted by Gasteiger charge is -2.24. The van der Waals surface area contributed by atoms with E-state index in [0.717, 1.165) is 0 Å². The first-order valence-corrected chi connectivity index (χ1v) is 6.41. The lowest BCUT2D eigenvalue weighted by Crippen LogP contribution is -2.38. The van der Waals surface area contributed by atoms with Gasteiger partial charge in [0.05, 0.1) is 4.99 Å². The van der Waals surface area contributed by atoms with Gasteiger partial charge in [-0.05, 0) is 19.1 Å². The molecule has 110 valence electrons. The normalized spacial score (nSPS) is 12.1. The first kappa shape index (κ1) is 16.4. The number of nitrogens with two attached hydrogens (primary N) is 1. The van der Waals surface area contributed by atoms with Crippen LogP contribution < -0.4 is 5.73 Å². The third kappa shape index (κ3) is 3.69. The molecule has 2 N–H and O–H groups in total. The van der Waals surface area contributed by atoms with Gasteiger partial charge in [-0.15, -0.1) is 0 Å². The summed E-state index contributed by atoms with van der Waals surface area (Å²) in [6.45, 7) is 3.99. The molecular formula is C13H15F3N2OS. The molecule has 1 aromatic carbocycles. The highest BCUT2D eigenvalue weighted by Gasteiger charge is 2.21. The third-order valence-corrected chi connectivity index (χ3v) is 3.28. The maximum atomic E-state index is 13.1. The number of halogens is 3. The highest BCUT2D eigenvalue weighted by atomic mass is 32.1. The Morgan fingerprint density at radius 3 is 2.25 bits per heavy atom. The molecule has 0 aliphatic heterocycles. The van der Waals surface area contributed by atoms with Crippen molar-refractivity contribution in [2.45, 2.75) is 13.8 Å². The number of hydrogen-bond acceptors (Lipinski definition) is 2. The molecule has 0 aliphatic carbocycles. The second-order valence-electron chi connectivity index (χ2n) is 4.40. The van der Waals surface area contributed by atoms with Crippen LogP contribution in [0.4, 0.5) is 13.2 Å². The molecule has 1 atom stereocenters. The maximum Gasteiger partial charge on any atom is 0.254 e. The molecule has 0 saturated carbocycles. The van der Waals surface area contributed by atoms with Gasteiger partial charge in [0, 0.05) is 24.6 Å². The van der Waals surface area contributed by atoms with Crippen molar-refractivity contribution < 1.29 is 18.0 Å². The second-order valence-corrected chi connectivity index (χ2v) is 4.87. The van der Waals surface area contributed by atoms with E-state index in [1.807, 2.05) is 0 Å². The zero-order valence-electron chi connectivity index (χ0n) is 11.1. The standard InChI is InChI=1S/C13H15F3N2OS/c1-3-18(6-7(2)12(17)20)13(19)8-4-9(14)11(16)10(15)5-8/h4-5,7H,3,6H2,1-2H3,(H2,17,20). The molecular weight excluding hydrogens is 289 g/mol. The van der Waals surface area contributed by atoms with Crippen molar-refractivity contribution in [3.8, 4) is 0 Å². The number of rotatable bonds is 5. The van der Waals surface area contributed by atoms with E-state index in [0.29, 0.717) is 18.7 Å². The van der Waals surface area contributed by atoms with E-state index >= 15 is 0 Å². The maximum absolute atomic E-state index is 13.1. The van der Waals surface area contributed by atoms with Crippen molar-refractivity contribution in [1.82, 2.24) is 4.90 Å². The minimum Gasteiger partial charge on any atom is -0.393 e. The van der Waals surface area contributed by atoms with Crippen molar-refractivity contribution in [2.75, 3.05) is 13.1 Å². The molecule has 0 aliphatic rings. The number of thiocarbonyl (C=S) groups is 1. The molecule has 0 saturated heterocycles. The van der Waals surface area contributed by atoms with Gasteiger partial charge < -0.3 is 10.6 Å². The molecule has 20 heavy (non-hydrogen) atoms. The van der Waals surface area contributed by atoms with Crippen LogP contribution in [0.1, 0.15) is 24.2 Å². The summed E-state index contributed by atoms with van der Waals surface area (Å²) in [6, 6.07) is 1.35. The van der Waals surface area contributed by atoms with Crippen LogP contribution in [0, 0.1) is 23.4 Å². The lowest BCUT2D eigenvalue weighted by atomic mass is 10.1. The summed E-state index contributed by atoms with van der Waals surface area (Å²) in [5.74, 6) is -5.22. The number of benzene rings is 1. The van der Waals surface area contributed by atoms with Gasteiger partial charge in [-0.1, -0.05) is 19.1 Å². The average molecular weight is 304 g/mol. The Labute approximate surface area is 120 Å². The fourth-order valence-electron chi connectivity index (χ4n) is 1.64. The molecule has 0 bridgehead atoms. The molecule has 1 unspecified atom stereocenters. The van der Waals surface area contributed by atoms with Gasteiger partial charge >= 0.3 is 0 Å². The quantitative estimate of drug-likeness (QED) is 0.671. The molecule has 1 aromatic rings. The first-order valence-electron chi connectivity index (χ1n) is 6.01. The zero-order chi connectivity index (χ0) is 15.4. The predicted molar refractivity (Wildman–Crippen MR) is 73.8 cm³/mol. The van der Waals surface area contributed by atoms with Crippen LogP contribution in [0.5, 0.6) is 0 Å². The summed E-state index contributed by atoms with van der Waals surface area (Å²) in [6.07, 6.45) is 0. The third-order valence-electron chi connectivity index (χ3n) is 2.88. The van der Waals surface area contributed by atoms with Crippen LogP contribution in [0.3, 0.4) is 0 Å². The minimum absolute atomic E-state index is 0.227. The predicted octanol–water partition coefficient (Wildman–Crippen LogP) is 2.49. The summed E-state index contributed by atoms with van der Waals surface area (Å²) in [5, 5.41) is 0. The fourth-order valence-corrected chi connectivity index (χ4v) is 1.71. The van der Waals surface area contributed by atoms with Crippen LogP contribution in [0.25, 0.3) is 0 Å². The molecule has 0 heterocycles. The Morgan fingerprint density at radius 2 is 1.85 bits per heavy atom. The molecule has 0 spiro atoms. The van der Waals surface area contributed by atoms with Gasteiger partial charge in [0.1, 0.15) is 0 Å². The molecule has 7 heteroatoms. The average Bonchev–Trinajstić information content (AvgIpc) is 2.40. The Bertz CT molecular complexity index is 513. The number of carbonyl (C=O) groups is 1. The van der Waals surface area contributed by atoms with E-state index in [1.165, 1.54) is 4.90 Å². The van der Waals surface area contributed by atoms with Crippen molar-refractivity contribution in [2.24, 2.45) is 11.7 Å². The van der Waals surface area contributed by atoms with Gasteiger partial charge in [-0.3, -0.25) is 4.79 Å². The van der Waals surface area contributed by atoms with Gasteiger partial charge in [0.25, 0.3) is 5.91 Å². The van der Waals surface area contributed by atoms with Crippen LogP contribution in [-0.4, -0.2) is 28.9 Å². The second kappa shape index (κ2) is 6.69. The van der Waals surface area contributed by atoms with Crippen molar-refractivity contribution >= 4 is 23.1 Å². The van der Waals surface area contributed by atoms with E-state index in [4.69, 9.17) is 18.0 Å². The van der Waals surface area contributed by atoms with Crippen molar-refractivity contribution in [3.05, 3.63) is 35.1 Å². The van der Waals surface area contributed by atoms with Gasteiger partial charge in [-0.2, -0.15) is 0 Å². The highest BCUT2D eigenvalue weighted by molar-refractivity contribution is 7.80. The summed E-state index contributed by atoms with van der Waals surface area (Å²) in [4.78, 5) is 13.7.